The highest BCUT2D eigenvalue weighted by Crippen LogP contribution is 2.25. The minimum absolute atomic E-state index is 0.0724. The van der Waals surface area contributed by atoms with Crippen LogP contribution in [-0.4, -0.2) is 43.0 Å². The van der Waals surface area contributed by atoms with Gasteiger partial charge in [0.15, 0.2) is 0 Å². The molecule has 1 rings (SSSR count). The molecule has 0 heterocycles. The minimum atomic E-state index is -0.610. The monoisotopic (exact) mass is 407 g/mol. The lowest BCUT2D eigenvalue weighted by molar-refractivity contribution is -0.136. The van der Waals surface area contributed by atoms with Crippen molar-refractivity contribution in [2.75, 3.05) is 19.5 Å². The van der Waals surface area contributed by atoms with Gasteiger partial charge >= 0.3 is 18.0 Å². The summed E-state index contributed by atoms with van der Waals surface area (Å²) in [4.78, 5) is 33.2. The number of carbonyl (C=O) groups is 3. The van der Waals surface area contributed by atoms with Crippen molar-refractivity contribution in [1.29, 1.82) is 0 Å². The Morgan fingerprint density at radius 2 is 1.62 bits per heavy atom. The van der Waals surface area contributed by atoms with E-state index in [0.29, 0.717) is 22.4 Å². The Hall–Kier alpha value is -3.29. The molecular formula is C21H29NO7. The standard InChI is InChI=1S/C16H21NO5.C5H8O2/c1-10(14(19)21-5)8-11-6-7-12(9-13(11)18)17-15(20)22-16(2,3)4;1-4(2)5(6)7-3/h6-9,18H,1-5H3,(H,17,20);1H2,2-3H3/b10-8+;. The van der Waals surface area contributed by atoms with Crippen LogP contribution in [0.1, 0.15) is 40.2 Å². The van der Waals surface area contributed by atoms with Crippen molar-refractivity contribution in [3.8, 4) is 5.75 Å². The van der Waals surface area contributed by atoms with Crippen molar-refractivity contribution in [1.82, 2.24) is 0 Å². The number of rotatable bonds is 4. The molecule has 0 atom stereocenters. The number of hydrogen-bond donors (Lipinski definition) is 2. The van der Waals surface area contributed by atoms with E-state index >= 15 is 0 Å². The van der Waals surface area contributed by atoms with Gasteiger partial charge in [0.2, 0.25) is 0 Å². The Labute approximate surface area is 171 Å². The first-order chi connectivity index (χ1) is 13.3. The number of hydrogen-bond acceptors (Lipinski definition) is 7. The zero-order chi connectivity index (χ0) is 22.8. The van der Waals surface area contributed by atoms with E-state index in [4.69, 9.17) is 4.74 Å². The number of esters is 2. The highest BCUT2D eigenvalue weighted by molar-refractivity contribution is 5.93. The molecule has 2 N–H and O–H groups in total. The number of amides is 1. The fraction of sp³-hybridized carbons (Fsp3) is 0.381. The lowest BCUT2D eigenvalue weighted by atomic mass is 10.1. The molecule has 0 aliphatic carbocycles. The van der Waals surface area contributed by atoms with Gasteiger partial charge in [-0.25, -0.2) is 14.4 Å². The summed E-state index contributed by atoms with van der Waals surface area (Å²) in [5, 5.41) is 12.5. The highest BCUT2D eigenvalue weighted by Gasteiger charge is 2.16. The predicted molar refractivity (Wildman–Crippen MR) is 110 cm³/mol. The van der Waals surface area contributed by atoms with E-state index in [-0.39, 0.29) is 11.7 Å². The molecule has 0 fully saturated rings. The SMILES string of the molecule is C=C(C)C(=O)OC.COC(=O)/C(C)=C/c1ccc(NC(=O)OC(C)(C)C)cc1O. The number of ether oxygens (including phenoxy) is 3. The van der Waals surface area contributed by atoms with Gasteiger partial charge in [0.1, 0.15) is 11.4 Å². The van der Waals surface area contributed by atoms with Crippen molar-refractivity contribution in [2.24, 2.45) is 0 Å². The molecule has 8 heteroatoms. The second kappa shape index (κ2) is 11.5. The number of anilines is 1. The number of phenolic OH excluding ortho intramolecular Hbond substituents is 1. The van der Waals surface area contributed by atoms with E-state index in [1.54, 1.807) is 46.8 Å². The van der Waals surface area contributed by atoms with Crippen LogP contribution in [0.4, 0.5) is 10.5 Å². The van der Waals surface area contributed by atoms with Gasteiger partial charge in [-0.05, 0) is 52.8 Å². The van der Waals surface area contributed by atoms with Crippen LogP contribution in [-0.2, 0) is 23.8 Å². The van der Waals surface area contributed by atoms with Gasteiger partial charge in [-0.1, -0.05) is 6.58 Å². The summed E-state index contributed by atoms with van der Waals surface area (Å²) in [6.07, 6.45) is 0.888. The van der Waals surface area contributed by atoms with Crippen molar-refractivity contribution < 1.29 is 33.7 Å². The van der Waals surface area contributed by atoms with Crippen LogP contribution < -0.4 is 5.32 Å². The third kappa shape index (κ3) is 10.6. The van der Waals surface area contributed by atoms with Gasteiger partial charge in [-0.3, -0.25) is 5.32 Å². The van der Waals surface area contributed by atoms with Crippen LogP contribution >= 0.6 is 0 Å². The molecule has 1 amide bonds. The average Bonchev–Trinajstić information content (AvgIpc) is 2.61. The summed E-state index contributed by atoms with van der Waals surface area (Å²) in [6, 6.07) is 4.55. The van der Waals surface area contributed by atoms with E-state index in [0.717, 1.165) is 0 Å². The van der Waals surface area contributed by atoms with Gasteiger partial charge in [0.25, 0.3) is 0 Å². The number of aromatic hydroxyl groups is 1. The van der Waals surface area contributed by atoms with Crippen molar-refractivity contribution in [2.45, 2.75) is 40.2 Å². The number of methoxy groups -OCH3 is 2. The largest absolute Gasteiger partial charge is 0.507 e. The first-order valence-electron chi connectivity index (χ1n) is 8.64. The summed E-state index contributed by atoms with van der Waals surface area (Å²) in [5.41, 5.74) is 1.01. The van der Waals surface area contributed by atoms with Gasteiger partial charge in [-0.2, -0.15) is 0 Å². The van der Waals surface area contributed by atoms with Crippen molar-refractivity contribution >= 4 is 29.8 Å². The van der Waals surface area contributed by atoms with Crippen LogP contribution in [0.15, 0.2) is 35.9 Å². The fourth-order valence-electron chi connectivity index (χ4n) is 1.79. The third-order valence-electron chi connectivity index (χ3n) is 3.09. The Kier molecular flexibility index (Phi) is 10.2. The summed E-state index contributed by atoms with van der Waals surface area (Å²) < 4.78 is 14.0. The molecule has 0 bridgehead atoms. The first-order valence-corrected chi connectivity index (χ1v) is 8.64. The molecule has 0 saturated heterocycles. The predicted octanol–water partition coefficient (Wildman–Crippen LogP) is 4.05. The molecule has 8 nitrogen and oxygen atoms in total. The highest BCUT2D eigenvalue weighted by atomic mass is 16.6. The number of benzene rings is 1. The summed E-state index contributed by atoms with van der Waals surface area (Å²) in [6.45, 7) is 11.8. The van der Waals surface area contributed by atoms with Gasteiger partial charge in [0, 0.05) is 28.5 Å². The lowest BCUT2D eigenvalue weighted by Crippen LogP contribution is -2.27. The molecule has 1 aromatic rings. The van der Waals surface area contributed by atoms with E-state index in [1.807, 2.05) is 0 Å². The molecule has 0 saturated carbocycles. The Morgan fingerprint density at radius 1 is 1.07 bits per heavy atom. The van der Waals surface area contributed by atoms with Crippen LogP contribution in [0.25, 0.3) is 6.08 Å². The molecule has 0 spiro atoms. The Balaban J connectivity index is 0.000000956. The van der Waals surface area contributed by atoms with E-state index < -0.39 is 17.7 Å². The van der Waals surface area contributed by atoms with Crippen LogP contribution in [0, 0.1) is 0 Å². The number of carbonyl (C=O) groups excluding carboxylic acids is 3. The molecule has 1 aromatic carbocycles. The normalized spacial score (nSPS) is 10.8. The van der Waals surface area contributed by atoms with E-state index in [1.165, 1.54) is 26.4 Å². The summed E-state index contributed by atoms with van der Waals surface area (Å²) in [5.74, 6) is -0.896. The smallest absolute Gasteiger partial charge is 0.412 e. The molecule has 0 aromatic heterocycles. The maximum atomic E-state index is 11.6. The number of phenols is 1. The third-order valence-corrected chi connectivity index (χ3v) is 3.09. The zero-order valence-corrected chi connectivity index (χ0v) is 17.9. The molecular weight excluding hydrogens is 378 g/mol. The number of nitrogens with one attached hydrogen (secondary N) is 1. The van der Waals surface area contributed by atoms with Gasteiger partial charge in [0.05, 0.1) is 14.2 Å². The molecule has 0 radical (unpaired) electrons. The van der Waals surface area contributed by atoms with Crippen LogP contribution in [0.3, 0.4) is 0 Å². The first kappa shape index (κ1) is 25.7. The molecule has 0 aliphatic heterocycles. The lowest BCUT2D eigenvalue weighted by Gasteiger charge is -2.19. The second-order valence-electron chi connectivity index (χ2n) is 6.99. The molecule has 160 valence electrons. The molecule has 29 heavy (non-hydrogen) atoms. The zero-order valence-electron chi connectivity index (χ0n) is 17.9. The molecule has 0 unspecified atom stereocenters. The topological polar surface area (TPSA) is 111 Å². The van der Waals surface area contributed by atoms with Crippen molar-refractivity contribution in [3.63, 3.8) is 0 Å². The average molecular weight is 407 g/mol. The molecule has 0 aliphatic rings. The Bertz CT molecular complexity index is 789. The maximum absolute atomic E-state index is 11.6. The van der Waals surface area contributed by atoms with Crippen LogP contribution in [0.2, 0.25) is 0 Å². The Morgan fingerprint density at radius 3 is 2.00 bits per heavy atom. The second-order valence-corrected chi connectivity index (χ2v) is 6.99. The minimum Gasteiger partial charge on any atom is -0.507 e. The van der Waals surface area contributed by atoms with E-state index in [2.05, 4.69) is 21.4 Å². The van der Waals surface area contributed by atoms with Crippen LogP contribution in [0.5, 0.6) is 5.75 Å². The fourth-order valence-corrected chi connectivity index (χ4v) is 1.79. The summed E-state index contributed by atoms with van der Waals surface area (Å²) in [7, 11) is 2.62. The summed E-state index contributed by atoms with van der Waals surface area (Å²) >= 11 is 0. The van der Waals surface area contributed by atoms with E-state index in [9.17, 15) is 19.5 Å². The maximum Gasteiger partial charge on any atom is 0.412 e. The van der Waals surface area contributed by atoms with Gasteiger partial charge < -0.3 is 19.3 Å². The van der Waals surface area contributed by atoms with Gasteiger partial charge in [-0.15, -0.1) is 0 Å². The quantitative estimate of drug-likeness (QED) is 0.440. The van der Waals surface area contributed by atoms with Crippen molar-refractivity contribution in [3.05, 3.63) is 41.5 Å².